The van der Waals surface area contributed by atoms with Crippen molar-refractivity contribution >= 4 is 23.5 Å². The summed E-state index contributed by atoms with van der Waals surface area (Å²) >= 11 is 5.94. The highest BCUT2D eigenvalue weighted by Gasteiger charge is 2.41. The third-order valence-electron chi connectivity index (χ3n) is 4.63. The number of carboxylic acid groups (broad SMARTS) is 1. The highest BCUT2D eigenvalue weighted by molar-refractivity contribution is 6.30. The molecule has 3 rings (SSSR count). The molecular weight excluding hydrogens is 354 g/mol. The summed E-state index contributed by atoms with van der Waals surface area (Å²) in [5.74, 6) is -1.46. The summed E-state index contributed by atoms with van der Waals surface area (Å²) < 4.78 is 5.68. The van der Waals surface area contributed by atoms with E-state index in [0.29, 0.717) is 17.3 Å². The second kappa shape index (κ2) is 7.79. The summed E-state index contributed by atoms with van der Waals surface area (Å²) in [6, 6.07) is 16.3. The molecule has 2 aromatic rings. The smallest absolute Gasteiger partial charge is 0.308 e. The Morgan fingerprint density at radius 2 is 1.88 bits per heavy atom. The maximum absolute atomic E-state index is 12.8. The van der Waals surface area contributed by atoms with Crippen molar-refractivity contribution < 1.29 is 19.4 Å². The minimum absolute atomic E-state index is 0.178. The van der Waals surface area contributed by atoms with Crippen LogP contribution in [0.3, 0.4) is 0 Å². The van der Waals surface area contributed by atoms with Gasteiger partial charge in [-0.15, -0.1) is 0 Å². The van der Waals surface area contributed by atoms with E-state index in [1.165, 1.54) is 0 Å². The Labute approximate surface area is 157 Å². The Balaban J connectivity index is 1.72. The zero-order chi connectivity index (χ0) is 18.7. The van der Waals surface area contributed by atoms with Crippen LogP contribution in [0.1, 0.15) is 18.4 Å². The van der Waals surface area contributed by atoms with Crippen LogP contribution in [0.4, 0.5) is 0 Å². The Hall–Kier alpha value is -2.53. The first kappa shape index (κ1) is 18.3. The monoisotopic (exact) mass is 373 g/mol. The molecule has 1 aliphatic heterocycles. The van der Waals surface area contributed by atoms with Crippen molar-refractivity contribution in [1.82, 2.24) is 4.90 Å². The van der Waals surface area contributed by atoms with Crippen LogP contribution in [-0.4, -0.2) is 41.1 Å². The van der Waals surface area contributed by atoms with Crippen molar-refractivity contribution in [3.8, 4) is 5.75 Å². The van der Waals surface area contributed by atoms with E-state index in [0.717, 1.165) is 5.56 Å². The third kappa shape index (κ3) is 3.99. The number of hydrogen-bond acceptors (Lipinski definition) is 3. The number of benzene rings is 2. The molecule has 1 amide bonds. The highest BCUT2D eigenvalue weighted by atomic mass is 35.5. The largest absolute Gasteiger partial charge is 0.481 e. The van der Waals surface area contributed by atoms with Crippen LogP contribution in [0.15, 0.2) is 54.6 Å². The average molecular weight is 374 g/mol. The van der Waals surface area contributed by atoms with Gasteiger partial charge in [0, 0.05) is 24.0 Å². The Morgan fingerprint density at radius 1 is 1.15 bits per heavy atom. The van der Waals surface area contributed by atoms with E-state index in [9.17, 15) is 14.7 Å². The van der Waals surface area contributed by atoms with Gasteiger partial charge < -0.3 is 14.7 Å². The van der Waals surface area contributed by atoms with Crippen LogP contribution in [0.25, 0.3) is 0 Å². The number of amides is 1. The average Bonchev–Trinajstić information content (AvgIpc) is 3.07. The second-order valence-corrected chi connectivity index (χ2v) is 6.86. The SMILES string of the molecule is CC(Oc1cccc(Cl)c1)C(=O)N1CC(C(=O)O)C(c2ccccc2)C1. The lowest BCUT2D eigenvalue weighted by atomic mass is 9.89. The fourth-order valence-corrected chi connectivity index (χ4v) is 3.50. The normalized spacial score (nSPS) is 20.6. The molecule has 1 saturated heterocycles. The Bertz CT molecular complexity index is 795. The molecular formula is C20H20ClNO4. The molecule has 1 aliphatic rings. The molecule has 0 spiro atoms. The number of ether oxygens (including phenoxy) is 1. The van der Waals surface area contributed by atoms with E-state index in [1.807, 2.05) is 30.3 Å². The van der Waals surface area contributed by atoms with Gasteiger partial charge in [0.05, 0.1) is 5.92 Å². The van der Waals surface area contributed by atoms with Crippen LogP contribution >= 0.6 is 11.6 Å². The summed E-state index contributed by atoms with van der Waals surface area (Å²) in [5.41, 5.74) is 0.929. The molecule has 0 aromatic heterocycles. The number of nitrogens with zero attached hydrogens (tertiary/aromatic N) is 1. The van der Waals surface area contributed by atoms with Crippen LogP contribution < -0.4 is 4.74 Å². The van der Waals surface area contributed by atoms with Gasteiger partial charge in [-0.2, -0.15) is 0 Å². The molecule has 2 aromatic carbocycles. The van der Waals surface area contributed by atoms with Gasteiger partial charge in [-0.05, 0) is 30.7 Å². The number of hydrogen-bond donors (Lipinski definition) is 1. The summed E-state index contributed by atoms with van der Waals surface area (Å²) in [4.78, 5) is 26.0. The van der Waals surface area contributed by atoms with Gasteiger partial charge in [-0.25, -0.2) is 0 Å². The fraction of sp³-hybridized carbons (Fsp3) is 0.300. The van der Waals surface area contributed by atoms with Gasteiger partial charge >= 0.3 is 5.97 Å². The van der Waals surface area contributed by atoms with Crippen LogP contribution in [0.2, 0.25) is 5.02 Å². The second-order valence-electron chi connectivity index (χ2n) is 6.42. The molecule has 1 heterocycles. The van der Waals surface area contributed by atoms with Crippen molar-refractivity contribution in [3.63, 3.8) is 0 Å². The molecule has 3 unspecified atom stereocenters. The molecule has 1 N–H and O–H groups in total. The molecule has 1 fully saturated rings. The van der Waals surface area contributed by atoms with Crippen molar-refractivity contribution in [3.05, 3.63) is 65.2 Å². The van der Waals surface area contributed by atoms with Crippen molar-refractivity contribution in [2.24, 2.45) is 5.92 Å². The fourth-order valence-electron chi connectivity index (χ4n) is 3.32. The summed E-state index contributed by atoms with van der Waals surface area (Å²) in [6.07, 6.45) is -0.725. The van der Waals surface area contributed by atoms with Gasteiger partial charge in [-0.3, -0.25) is 9.59 Å². The van der Waals surface area contributed by atoms with Crippen LogP contribution in [0.5, 0.6) is 5.75 Å². The summed E-state index contributed by atoms with van der Waals surface area (Å²) in [7, 11) is 0. The van der Waals surface area contributed by atoms with Gasteiger partial charge in [0.2, 0.25) is 0 Å². The molecule has 0 saturated carbocycles. The quantitative estimate of drug-likeness (QED) is 0.871. The first-order valence-corrected chi connectivity index (χ1v) is 8.82. The Kier molecular flexibility index (Phi) is 5.47. The first-order valence-electron chi connectivity index (χ1n) is 8.44. The molecule has 0 radical (unpaired) electrons. The lowest BCUT2D eigenvalue weighted by molar-refractivity contribution is -0.142. The van der Waals surface area contributed by atoms with E-state index in [-0.39, 0.29) is 18.4 Å². The van der Waals surface area contributed by atoms with Gasteiger partial charge in [0.15, 0.2) is 6.10 Å². The van der Waals surface area contributed by atoms with E-state index < -0.39 is 18.0 Å². The maximum Gasteiger partial charge on any atom is 0.308 e. The lowest BCUT2D eigenvalue weighted by Gasteiger charge is -2.22. The van der Waals surface area contributed by atoms with Gasteiger partial charge in [0.25, 0.3) is 5.91 Å². The first-order chi connectivity index (χ1) is 12.5. The number of aliphatic carboxylic acids is 1. The number of halogens is 1. The molecule has 3 atom stereocenters. The van der Waals surface area contributed by atoms with E-state index in [2.05, 4.69) is 0 Å². The van der Waals surface area contributed by atoms with Crippen molar-refractivity contribution in [1.29, 1.82) is 0 Å². The Morgan fingerprint density at radius 3 is 2.54 bits per heavy atom. The maximum atomic E-state index is 12.8. The van der Waals surface area contributed by atoms with E-state index >= 15 is 0 Å². The summed E-state index contributed by atoms with van der Waals surface area (Å²) in [5, 5.41) is 10.1. The predicted octanol–water partition coefficient (Wildman–Crippen LogP) is 3.43. The molecule has 26 heavy (non-hydrogen) atoms. The third-order valence-corrected chi connectivity index (χ3v) is 4.87. The van der Waals surface area contributed by atoms with Gasteiger partial charge in [0.1, 0.15) is 5.75 Å². The van der Waals surface area contributed by atoms with Crippen molar-refractivity contribution in [2.75, 3.05) is 13.1 Å². The topological polar surface area (TPSA) is 66.8 Å². The van der Waals surface area contributed by atoms with Crippen LogP contribution in [-0.2, 0) is 9.59 Å². The zero-order valence-electron chi connectivity index (χ0n) is 14.3. The zero-order valence-corrected chi connectivity index (χ0v) is 15.1. The molecule has 5 nitrogen and oxygen atoms in total. The minimum atomic E-state index is -0.891. The number of likely N-dealkylation sites (tertiary alicyclic amines) is 1. The standard InChI is InChI=1S/C20H20ClNO4/c1-13(26-16-9-5-8-15(21)10-16)19(23)22-11-17(18(12-22)20(24)25)14-6-3-2-4-7-14/h2-10,13,17-18H,11-12H2,1H3,(H,24,25). The molecule has 6 heteroatoms. The van der Waals surface area contributed by atoms with E-state index in [1.54, 1.807) is 36.1 Å². The number of carbonyl (C=O) groups excluding carboxylic acids is 1. The molecule has 136 valence electrons. The highest BCUT2D eigenvalue weighted by Crippen LogP contribution is 2.33. The van der Waals surface area contributed by atoms with E-state index in [4.69, 9.17) is 16.3 Å². The van der Waals surface area contributed by atoms with Crippen LogP contribution in [0, 0.1) is 5.92 Å². The number of rotatable bonds is 5. The van der Waals surface area contributed by atoms with Gasteiger partial charge in [-0.1, -0.05) is 48.0 Å². The number of carboxylic acids is 1. The predicted molar refractivity (Wildman–Crippen MR) is 98.4 cm³/mol. The lowest BCUT2D eigenvalue weighted by Crippen LogP contribution is -2.39. The van der Waals surface area contributed by atoms with Crippen molar-refractivity contribution in [2.45, 2.75) is 18.9 Å². The molecule has 0 aliphatic carbocycles. The molecule has 0 bridgehead atoms. The number of carbonyl (C=O) groups is 2. The minimum Gasteiger partial charge on any atom is -0.481 e. The summed E-state index contributed by atoms with van der Waals surface area (Å²) in [6.45, 7) is 2.20.